The first kappa shape index (κ1) is 16.1. The van der Waals surface area contributed by atoms with Crippen LogP contribution < -0.4 is 9.47 Å². The van der Waals surface area contributed by atoms with Gasteiger partial charge in [-0.2, -0.15) is 0 Å². The average molecular weight is 390 g/mol. The number of hydrogen-bond donors (Lipinski definition) is 0. The second-order valence-electron chi connectivity index (χ2n) is 4.12. The van der Waals surface area contributed by atoms with Gasteiger partial charge in [0.25, 0.3) is 0 Å². The molecule has 0 amide bonds. The van der Waals surface area contributed by atoms with E-state index in [1.165, 1.54) is 14.2 Å². The van der Waals surface area contributed by atoms with Crippen LogP contribution in [0.4, 0.5) is 0 Å². The molecule has 0 aliphatic rings. The molecule has 0 atom stereocenters. The molecule has 0 fully saturated rings. The Balaban J connectivity index is 2.52. The quantitative estimate of drug-likeness (QED) is 0.690. The number of hydrogen-bond acceptors (Lipinski definition) is 3. The van der Waals surface area contributed by atoms with Crippen molar-refractivity contribution < 1.29 is 14.3 Å². The van der Waals surface area contributed by atoms with Crippen LogP contribution in [0, 0.1) is 0 Å². The topological polar surface area (TPSA) is 35.5 Å². The molecule has 2 aromatic carbocycles. The molecule has 0 spiro atoms. The van der Waals surface area contributed by atoms with Gasteiger partial charge >= 0.3 is 0 Å². The summed E-state index contributed by atoms with van der Waals surface area (Å²) in [5.74, 6) is 0.517. The van der Waals surface area contributed by atoms with Gasteiger partial charge in [-0.05, 0) is 46.3 Å². The molecule has 2 aromatic rings. The van der Waals surface area contributed by atoms with Gasteiger partial charge in [0.15, 0.2) is 11.5 Å². The molecule has 0 aliphatic heterocycles. The van der Waals surface area contributed by atoms with Gasteiger partial charge in [0.1, 0.15) is 10.8 Å². The van der Waals surface area contributed by atoms with Crippen LogP contribution in [-0.4, -0.2) is 20.0 Å². The van der Waals surface area contributed by atoms with Crippen LogP contribution in [0.2, 0.25) is 10.0 Å². The van der Waals surface area contributed by atoms with Crippen molar-refractivity contribution in [2.45, 2.75) is 0 Å². The van der Waals surface area contributed by atoms with Crippen LogP contribution in [0.1, 0.15) is 15.9 Å². The number of methoxy groups -OCH3 is 2. The number of rotatable bonds is 4. The van der Waals surface area contributed by atoms with Crippen LogP contribution in [0.25, 0.3) is 0 Å². The van der Waals surface area contributed by atoms with E-state index in [1.807, 2.05) is 0 Å². The van der Waals surface area contributed by atoms with Crippen molar-refractivity contribution in [2.24, 2.45) is 0 Å². The fourth-order valence-corrected chi connectivity index (χ4v) is 2.68. The predicted molar refractivity (Wildman–Crippen MR) is 87.1 cm³/mol. The third kappa shape index (κ3) is 3.18. The van der Waals surface area contributed by atoms with Gasteiger partial charge in [-0.3, -0.25) is 4.79 Å². The molecule has 0 N–H and O–H groups in total. The molecule has 0 heterocycles. The Bertz CT molecular complexity index is 702. The highest BCUT2D eigenvalue weighted by Crippen LogP contribution is 2.38. The van der Waals surface area contributed by atoms with Crippen molar-refractivity contribution in [1.82, 2.24) is 0 Å². The SMILES string of the molecule is COc1ccc(C(=O)c2ccc(Cl)c(Br)c2)c(OC)c1Cl. The van der Waals surface area contributed by atoms with Gasteiger partial charge in [-0.25, -0.2) is 0 Å². The van der Waals surface area contributed by atoms with Crippen LogP contribution in [0.3, 0.4) is 0 Å². The highest BCUT2D eigenvalue weighted by Gasteiger charge is 2.20. The van der Waals surface area contributed by atoms with Crippen molar-refractivity contribution in [3.8, 4) is 11.5 Å². The first-order valence-corrected chi connectivity index (χ1v) is 7.44. The van der Waals surface area contributed by atoms with E-state index >= 15 is 0 Å². The number of carbonyl (C=O) groups excluding carboxylic acids is 1. The summed E-state index contributed by atoms with van der Waals surface area (Å²) in [5, 5.41) is 0.796. The number of benzene rings is 2. The fraction of sp³-hybridized carbons (Fsp3) is 0.133. The second kappa shape index (κ2) is 6.69. The van der Waals surface area contributed by atoms with Crippen LogP contribution in [-0.2, 0) is 0 Å². The van der Waals surface area contributed by atoms with Crippen molar-refractivity contribution in [3.05, 3.63) is 56.0 Å². The van der Waals surface area contributed by atoms with Gasteiger partial charge in [-0.1, -0.05) is 23.2 Å². The maximum atomic E-state index is 12.6. The van der Waals surface area contributed by atoms with E-state index in [-0.39, 0.29) is 16.6 Å². The smallest absolute Gasteiger partial charge is 0.196 e. The largest absolute Gasteiger partial charge is 0.495 e. The minimum absolute atomic E-state index is 0.214. The summed E-state index contributed by atoms with van der Waals surface area (Å²) < 4.78 is 11.0. The maximum Gasteiger partial charge on any atom is 0.196 e. The molecular weight excluding hydrogens is 379 g/mol. The molecule has 0 radical (unpaired) electrons. The highest BCUT2D eigenvalue weighted by molar-refractivity contribution is 9.10. The summed E-state index contributed by atoms with van der Waals surface area (Å²) >= 11 is 15.4. The number of carbonyl (C=O) groups is 1. The van der Waals surface area contributed by atoms with Gasteiger partial charge in [0.05, 0.1) is 24.8 Å². The Morgan fingerprint density at radius 3 is 2.38 bits per heavy atom. The summed E-state index contributed by atoms with van der Waals surface area (Å²) in [6.45, 7) is 0. The van der Waals surface area contributed by atoms with E-state index in [2.05, 4.69) is 15.9 Å². The van der Waals surface area contributed by atoms with Gasteiger partial charge in [-0.15, -0.1) is 0 Å². The minimum atomic E-state index is -0.214. The highest BCUT2D eigenvalue weighted by atomic mass is 79.9. The standard InChI is InChI=1S/C15H11BrCl2O3/c1-20-12-6-4-9(15(21-2)13(12)18)14(19)8-3-5-11(17)10(16)7-8/h3-7H,1-2H3. The summed E-state index contributed by atoms with van der Waals surface area (Å²) in [4.78, 5) is 12.6. The third-order valence-corrected chi connectivity index (χ3v) is 4.48. The number of halogens is 3. The third-order valence-electron chi connectivity index (χ3n) is 2.91. The molecule has 0 aliphatic carbocycles. The van der Waals surface area contributed by atoms with E-state index < -0.39 is 0 Å². The Kier molecular flexibility index (Phi) is 5.14. The lowest BCUT2D eigenvalue weighted by molar-refractivity contribution is 0.103. The Morgan fingerprint density at radius 1 is 1.10 bits per heavy atom. The number of ketones is 1. The molecular formula is C15H11BrCl2O3. The normalized spacial score (nSPS) is 10.3. The lowest BCUT2D eigenvalue weighted by atomic mass is 10.0. The van der Waals surface area contributed by atoms with Crippen LogP contribution in [0.15, 0.2) is 34.8 Å². The van der Waals surface area contributed by atoms with E-state index in [4.69, 9.17) is 32.7 Å². The summed E-state index contributed by atoms with van der Waals surface area (Å²) in [6.07, 6.45) is 0. The monoisotopic (exact) mass is 388 g/mol. The fourth-order valence-electron chi connectivity index (χ4n) is 1.87. The zero-order valence-electron chi connectivity index (χ0n) is 11.2. The summed E-state index contributed by atoms with van der Waals surface area (Å²) in [6, 6.07) is 8.20. The first-order chi connectivity index (χ1) is 9.99. The first-order valence-electron chi connectivity index (χ1n) is 5.89. The lowest BCUT2D eigenvalue weighted by Gasteiger charge is -2.12. The van der Waals surface area contributed by atoms with Gasteiger partial charge in [0.2, 0.25) is 0 Å². The second-order valence-corrected chi connectivity index (χ2v) is 5.76. The molecule has 0 unspecified atom stereocenters. The van der Waals surface area contributed by atoms with E-state index in [0.29, 0.717) is 26.4 Å². The molecule has 0 bridgehead atoms. The van der Waals surface area contributed by atoms with Crippen molar-refractivity contribution in [1.29, 1.82) is 0 Å². The summed E-state index contributed by atoms with van der Waals surface area (Å²) in [7, 11) is 2.95. The minimum Gasteiger partial charge on any atom is -0.495 e. The Hall–Kier alpha value is -1.23. The molecule has 0 saturated carbocycles. The predicted octanol–water partition coefficient (Wildman–Crippen LogP) is 5.00. The van der Waals surface area contributed by atoms with Crippen LogP contribution >= 0.6 is 39.1 Å². The average Bonchev–Trinajstić information content (AvgIpc) is 2.49. The van der Waals surface area contributed by atoms with Crippen LogP contribution in [0.5, 0.6) is 11.5 Å². The molecule has 6 heteroatoms. The molecule has 21 heavy (non-hydrogen) atoms. The zero-order chi connectivity index (χ0) is 15.6. The maximum absolute atomic E-state index is 12.6. The van der Waals surface area contributed by atoms with Crippen molar-refractivity contribution in [3.63, 3.8) is 0 Å². The van der Waals surface area contributed by atoms with Gasteiger partial charge in [0, 0.05) is 10.0 Å². The van der Waals surface area contributed by atoms with E-state index in [9.17, 15) is 4.79 Å². The molecule has 110 valence electrons. The van der Waals surface area contributed by atoms with Crippen molar-refractivity contribution >= 4 is 44.9 Å². The Morgan fingerprint density at radius 2 is 1.81 bits per heavy atom. The van der Waals surface area contributed by atoms with E-state index in [1.54, 1.807) is 30.3 Å². The lowest BCUT2D eigenvalue weighted by Crippen LogP contribution is -2.05. The number of ether oxygens (including phenoxy) is 2. The van der Waals surface area contributed by atoms with Gasteiger partial charge < -0.3 is 9.47 Å². The zero-order valence-corrected chi connectivity index (χ0v) is 14.3. The molecule has 2 rings (SSSR count). The Labute approximate surface area is 140 Å². The molecule has 0 saturated heterocycles. The molecule has 0 aromatic heterocycles. The molecule has 3 nitrogen and oxygen atoms in total. The van der Waals surface area contributed by atoms with E-state index in [0.717, 1.165) is 0 Å². The summed E-state index contributed by atoms with van der Waals surface area (Å²) in [5.41, 5.74) is 0.836. The van der Waals surface area contributed by atoms with Crippen molar-refractivity contribution in [2.75, 3.05) is 14.2 Å².